The Morgan fingerprint density at radius 2 is 1.58 bits per heavy atom. The van der Waals surface area contributed by atoms with Crippen LogP contribution in [0.4, 0.5) is 11.4 Å². The second kappa shape index (κ2) is 10.6. The maximum atomic E-state index is 8.69. The van der Waals surface area contributed by atoms with E-state index in [0.29, 0.717) is 23.3 Å². The number of anilines is 2. The van der Waals surface area contributed by atoms with E-state index in [4.69, 9.17) is 11.6 Å². The first kappa shape index (κ1) is 21.6. The van der Waals surface area contributed by atoms with Gasteiger partial charge in [-0.15, -0.1) is 35.3 Å². The van der Waals surface area contributed by atoms with Crippen LogP contribution in [0.3, 0.4) is 0 Å². The SMILES string of the molecule is [2H]c1c([2H])c([2H])c(N2[CH-]N(c3[c-]c(Oc4[c-]c5c(cc4)c4ccccc4n5-c4ccccn4)ccc3)[C@@H]3C2C2CC[C@@H]3C2)c([2H])c1[2H].[Pt]. The molecular formula is C37H29N4OPt-3. The Labute approximate surface area is 273 Å². The standard InChI is InChI=1S/C37H29N4O.Pt/c1-2-9-27(10-3-1)39-24-40(37-26-17-16-25(21-26)36(37)39)28-11-8-12-29(22-28)42-30-18-19-32-31-13-4-5-14-33(31)41(34(32)23-30)35-15-6-7-20-38-35;/h1-15,18-20,24-26,36-37H,16-17,21H2;/q-3;/t25?,26-,36?,37+;/m1./s1/i1D,2D,3D,9D,10D;. The van der Waals surface area contributed by atoms with Crippen LogP contribution < -0.4 is 14.5 Å². The molecule has 216 valence electrons. The quantitative estimate of drug-likeness (QED) is 0.167. The molecular weight excluding hydrogens is 712 g/mol. The Morgan fingerprint density at radius 3 is 2.42 bits per heavy atom. The predicted octanol–water partition coefficient (Wildman–Crippen LogP) is 8.18. The molecule has 4 aromatic carbocycles. The third-order valence-corrected chi connectivity index (χ3v) is 9.15. The first-order chi connectivity index (χ1) is 22.9. The minimum atomic E-state index is -0.377. The van der Waals surface area contributed by atoms with Crippen LogP contribution in [0.15, 0.2) is 109 Å². The number of para-hydroxylation sites is 2. The van der Waals surface area contributed by atoms with E-state index in [1.165, 1.54) is 0 Å². The van der Waals surface area contributed by atoms with Crippen LogP contribution in [0.25, 0.3) is 27.6 Å². The third-order valence-electron chi connectivity index (χ3n) is 9.15. The number of pyridine rings is 1. The average Bonchev–Trinajstić information content (AvgIpc) is 3.88. The number of benzene rings is 4. The van der Waals surface area contributed by atoms with E-state index in [0.717, 1.165) is 52.6 Å². The summed E-state index contributed by atoms with van der Waals surface area (Å²) in [6.45, 7) is 1.92. The number of nitrogens with zero attached hydrogens (tertiary/aromatic N) is 4. The van der Waals surface area contributed by atoms with Crippen LogP contribution >= 0.6 is 0 Å². The Morgan fingerprint density at radius 1 is 0.791 bits per heavy atom. The van der Waals surface area contributed by atoms with Gasteiger partial charge in [0.25, 0.3) is 0 Å². The number of fused-ring (bicyclic) bond motifs is 8. The van der Waals surface area contributed by atoms with Crippen LogP contribution in [0.1, 0.15) is 26.1 Å². The van der Waals surface area contributed by atoms with Gasteiger partial charge in [-0.25, -0.2) is 4.98 Å². The average molecular weight is 746 g/mol. The first-order valence-corrected chi connectivity index (χ1v) is 14.4. The minimum Gasteiger partial charge on any atom is -0.519 e. The normalized spacial score (nSPS) is 23.9. The molecule has 2 aliphatic carbocycles. The summed E-state index contributed by atoms with van der Waals surface area (Å²) in [5.41, 5.74) is 2.95. The van der Waals surface area contributed by atoms with E-state index in [-0.39, 0.29) is 69.0 Å². The summed E-state index contributed by atoms with van der Waals surface area (Å²) in [5, 5.41) is 2.16. The topological polar surface area (TPSA) is 33.5 Å². The number of aromatic nitrogens is 2. The molecule has 3 heterocycles. The van der Waals surface area contributed by atoms with Crippen LogP contribution in [0.2, 0.25) is 0 Å². The van der Waals surface area contributed by atoms with Crippen LogP contribution in [-0.4, -0.2) is 21.6 Å². The van der Waals surface area contributed by atoms with Crippen molar-refractivity contribution in [2.24, 2.45) is 11.8 Å². The Hall–Kier alpha value is -4.08. The van der Waals surface area contributed by atoms with Gasteiger partial charge in [-0.2, -0.15) is 24.9 Å². The van der Waals surface area contributed by atoms with Gasteiger partial charge in [-0.3, -0.25) is 0 Å². The molecule has 2 saturated carbocycles. The maximum Gasteiger partial charge on any atom is 0.135 e. The molecule has 3 aliphatic rings. The summed E-state index contributed by atoms with van der Waals surface area (Å²) in [4.78, 5) is 8.73. The fraction of sp³-hybridized carbons (Fsp3) is 0.189. The van der Waals surface area contributed by atoms with Crippen molar-refractivity contribution in [3.63, 3.8) is 0 Å². The van der Waals surface area contributed by atoms with Gasteiger partial charge >= 0.3 is 0 Å². The van der Waals surface area contributed by atoms with Crippen LogP contribution in [-0.2, 0) is 21.1 Å². The summed E-state index contributed by atoms with van der Waals surface area (Å²) >= 11 is 0. The number of hydrogen-bond donors (Lipinski definition) is 0. The van der Waals surface area contributed by atoms with Crippen LogP contribution in [0.5, 0.6) is 11.5 Å². The second-order valence-electron chi connectivity index (χ2n) is 11.3. The number of rotatable bonds is 5. The Bertz CT molecular complexity index is 2180. The zero-order valence-corrected chi connectivity index (χ0v) is 25.3. The Kier molecular flexibility index (Phi) is 5.31. The summed E-state index contributed by atoms with van der Waals surface area (Å²) in [7, 11) is 0. The zero-order valence-electron chi connectivity index (χ0n) is 28.0. The zero-order chi connectivity index (χ0) is 32.0. The van der Waals surface area contributed by atoms with Crippen molar-refractivity contribution >= 4 is 33.2 Å². The number of ether oxygens (including phenoxy) is 1. The van der Waals surface area contributed by atoms with Gasteiger partial charge in [-0.05, 0) is 66.8 Å². The molecule has 9 rings (SSSR count). The van der Waals surface area contributed by atoms with Crippen molar-refractivity contribution in [3.05, 3.63) is 128 Å². The van der Waals surface area contributed by atoms with Gasteiger partial charge in [0.1, 0.15) is 5.82 Å². The van der Waals surface area contributed by atoms with Gasteiger partial charge in [0.2, 0.25) is 0 Å². The third kappa shape index (κ3) is 4.28. The Balaban J connectivity index is 0.00000336. The first-order valence-electron chi connectivity index (χ1n) is 16.9. The molecule has 6 heteroatoms. The molecule has 0 N–H and O–H groups in total. The molecule has 6 aromatic rings. The van der Waals surface area contributed by atoms with Crippen molar-refractivity contribution in [1.82, 2.24) is 9.55 Å². The fourth-order valence-corrected chi connectivity index (χ4v) is 7.53. The van der Waals surface area contributed by atoms with Gasteiger partial charge < -0.3 is 19.1 Å². The molecule has 43 heavy (non-hydrogen) atoms. The van der Waals surface area contributed by atoms with E-state index >= 15 is 0 Å². The molecule has 3 fully saturated rings. The van der Waals surface area contributed by atoms with E-state index in [1.807, 2.05) is 66.2 Å². The summed E-state index contributed by atoms with van der Waals surface area (Å²) in [6.07, 6.45) is 5.03. The monoisotopic (exact) mass is 745 g/mol. The van der Waals surface area contributed by atoms with Gasteiger partial charge in [0, 0.05) is 62.0 Å². The fourth-order valence-electron chi connectivity index (χ4n) is 7.53. The number of hydrogen-bond acceptors (Lipinski definition) is 4. The molecule has 1 aliphatic heterocycles. The van der Waals surface area contributed by atoms with E-state index in [9.17, 15) is 0 Å². The van der Waals surface area contributed by atoms with Gasteiger partial charge in [0.05, 0.1) is 6.85 Å². The van der Waals surface area contributed by atoms with E-state index < -0.39 is 0 Å². The maximum absolute atomic E-state index is 8.69. The molecule has 2 bridgehead atoms. The van der Waals surface area contributed by atoms with E-state index in [2.05, 4.69) is 44.8 Å². The molecule has 2 aromatic heterocycles. The van der Waals surface area contributed by atoms with Crippen molar-refractivity contribution in [1.29, 1.82) is 0 Å². The largest absolute Gasteiger partial charge is 0.519 e. The second-order valence-corrected chi connectivity index (χ2v) is 11.3. The predicted molar refractivity (Wildman–Crippen MR) is 167 cm³/mol. The molecule has 0 radical (unpaired) electrons. The van der Waals surface area contributed by atoms with Gasteiger partial charge in [-0.1, -0.05) is 47.9 Å². The van der Waals surface area contributed by atoms with E-state index in [1.54, 1.807) is 6.20 Å². The summed E-state index contributed by atoms with van der Waals surface area (Å²) < 4.78 is 50.6. The molecule has 5 nitrogen and oxygen atoms in total. The summed E-state index contributed by atoms with van der Waals surface area (Å²) in [5.74, 6) is 2.71. The van der Waals surface area contributed by atoms with Crippen molar-refractivity contribution in [2.45, 2.75) is 31.3 Å². The smallest absolute Gasteiger partial charge is 0.135 e. The van der Waals surface area contributed by atoms with Crippen LogP contribution in [0, 0.1) is 30.6 Å². The molecule has 4 atom stereocenters. The van der Waals surface area contributed by atoms with Crippen molar-refractivity contribution in [2.75, 3.05) is 9.80 Å². The van der Waals surface area contributed by atoms with Gasteiger partial charge in [0.15, 0.2) is 0 Å². The molecule has 0 spiro atoms. The minimum absolute atomic E-state index is 0. The molecule has 2 unspecified atom stereocenters. The van der Waals surface area contributed by atoms with Crippen molar-refractivity contribution in [3.8, 4) is 17.3 Å². The summed E-state index contributed by atoms with van der Waals surface area (Å²) in [6, 6.07) is 29.6. The molecule has 1 saturated heterocycles. The van der Waals surface area contributed by atoms with Crippen molar-refractivity contribution < 1.29 is 32.7 Å². The molecule has 0 amide bonds.